The molecule has 0 aliphatic heterocycles. The summed E-state index contributed by atoms with van der Waals surface area (Å²) in [6.45, 7) is 1.93. The molecule has 4 rings (SSSR count). The van der Waals surface area contributed by atoms with Gasteiger partial charge in [0, 0.05) is 12.1 Å². The summed E-state index contributed by atoms with van der Waals surface area (Å²) in [5, 5.41) is 0. The molecule has 0 spiro atoms. The van der Waals surface area contributed by atoms with Crippen molar-refractivity contribution in [1.29, 1.82) is 0 Å². The highest BCUT2D eigenvalue weighted by Crippen LogP contribution is 2.31. The molecule has 1 aromatic heterocycles. The van der Waals surface area contributed by atoms with Gasteiger partial charge in [-0.1, -0.05) is 6.07 Å². The Morgan fingerprint density at radius 2 is 1.55 bits per heavy atom. The van der Waals surface area contributed by atoms with Crippen molar-refractivity contribution < 1.29 is 26.3 Å². The topological polar surface area (TPSA) is 124 Å². The number of nitrogens with one attached hydrogen (secondary N) is 2. The molecule has 1 aliphatic rings. The third kappa shape index (κ3) is 5.62. The van der Waals surface area contributed by atoms with Gasteiger partial charge in [0.25, 0.3) is 10.0 Å². The second-order valence-corrected chi connectivity index (χ2v) is 11.0. The van der Waals surface area contributed by atoms with Crippen molar-refractivity contribution in [2.24, 2.45) is 0 Å². The monoisotopic (exact) mass is 489 g/mol. The maximum atomic E-state index is 12.7. The molecule has 2 N–H and O–H groups in total. The SMILES string of the molecule is COc1cc(C)ccc1Oc1ccc(NS(=O)(=O)c2ccc(S(=O)(=O)NC3CC3)cc2)cn1. The van der Waals surface area contributed by atoms with Gasteiger partial charge in [0.1, 0.15) is 0 Å². The van der Waals surface area contributed by atoms with Crippen molar-refractivity contribution in [1.82, 2.24) is 9.71 Å². The summed E-state index contributed by atoms with van der Waals surface area (Å²) in [6.07, 6.45) is 2.95. The van der Waals surface area contributed by atoms with Crippen LogP contribution in [0.4, 0.5) is 5.69 Å². The zero-order valence-electron chi connectivity index (χ0n) is 18.0. The standard InChI is InChI=1S/C22H23N3O6S2/c1-15-3-11-20(21(13-15)30-2)31-22-12-6-17(14-23-22)25-33(28,29)19-9-7-18(8-10-19)32(26,27)24-16-4-5-16/h3,6-14,16,24-25H,4-5H2,1-2H3. The number of sulfonamides is 2. The number of nitrogens with zero attached hydrogens (tertiary/aromatic N) is 1. The number of hydrogen-bond donors (Lipinski definition) is 2. The first-order valence-corrected chi connectivity index (χ1v) is 13.1. The van der Waals surface area contributed by atoms with Crippen LogP contribution in [-0.4, -0.2) is 35.0 Å². The molecule has 0 amide bonds. The lowest BCUT2D eigenvalue weighted by atomic mass is 10.2. The van der Waals surface area contributed by atoms with Crippen LogP contribution in [0.25, 0.3) is 0 Å². The van der Waals surface area contributed by atoms with Gasteiger partial charge < -0.3 is 9.47 Å². The second kappa shape index (κ2) is 9.00. The average molecular weight is 490 g/mol. The minimum absolute atomic E-state index is 0.0167. The maximum absolute atomic E-state index is 12.7. The van der Waals surface area contributed by atoms with E-state index in [1.54, 1.807) is 13.2 Å². The Bertz CT molecular complexity index is 1350. The van der Waals surface area contributed by atoms with E-state index < -0.39 is 20.0 Å². The van der Waals surface area contributed by atoms with Crippen LogP contribution in [0.1, 0.15) is 18.4 Å². The fraction of sp³-hybridized carbons (Fsp3) is 0.227. The Hall–Kier alpha value is -3.15. The quantitative estimate of drug-likeness (QED) is 0.472. The van der Waals surface area contributed by atoms with Crippen molar-refractivity contribution in [2.75, 3.05) is 11.8 Å². The highest BCUT2D eigenvalue weighted by molar-refractivity contribution is 7.92. The summed E-state index contributed by atoms with van der Waals surface area (Å²) in [4.78, 5) is 4.08. The molecule has 1 aliphatic carbocycles. The van der Waals surface area contributed by atoms with Gasteiger partial charge in [0.2, 0.25) is 15.9 Å². The van der Waals surface area contributed by atoms with Gasteiger partial charge in [-0.2, -0.15) is 0 Å². The van der Waals surface area contributed by atoms with Crippen LogP contribution >= 0.6 is 0 Å². The number of ether oxygens (including phenoxy) is 2. The van der Waals surface area contributed by atoms with Gasteiger partial charge in [0.15, 0.2) is 11.5 Å². The van der Waals surface area contributed by atoms with Crippen molar-refractivity contribution in [3.63, 3.8) is 0 Å². The van der Waals surface area contributed by atoms with E-state index in [0.717, 1.165) is 18.4 Å². The summed E-state index contributed by atoms with van der Waals surface area (Å²) in [7, 11) is -6.05. The van der Waals surface area contributed by atoms with E-state index in [1.807, 2.05) is 19.1 Å². The van der Waals surface area contributed by atoms with Crippen LogP contribution in [0.3, 0.4) is 0 Å². The number of benzene rings is 2. The van der Waals surface area contributed by atoms with E-state index in [2.05, 4.69) is 14.4 Å². The molecule has 1 fully saturated rings. The first kappa shape index (κ1) is 23.0. The van der Waals surface area contributed by atoms with Crippen LogP contribution in [0, 0.1) is 6.92 Å². The number of methoxy groups -OCH3 is 1. The number of hydrogen-bond acceptors (Lipinski definition) is 7. The molecule has 0 saturated heterocycles. The fourth-order valence-electron chi connectivity index (χ4n) is 2.97. The van der Waals surface area contributed by atoms with E-state index in [0.29, 0.717) is 11.5 Å². The molecule has 1 heterocycles. The van der Waals surface area contributed by atoms with Gasteiger partial charge in [-0.25, -0.2) is 26.5 Å². The zero-order chi connectivity index (χ0) is 23.6. The van der Waals surface area contributed by atoms with Gasteiger partial charge in [-0.3, -0.25) is 4.72 Å². The molecule has 0 unspecified atom stereocenters. The predicted octanol–water partition coefficient (Wildman–Crippen LogP) is 3.43. The maximum Gasteiger partial charge on any atom is 0.261 e. The largest absolute Gasteiger partial charge is 0.493 e. The number of anilines is 1. The van der Waals surface area contributed by atoms with Crippen molar-refractivity contribution >= 4 is 25.7 Å². The van der Waals surface area contributed by atoms with Gasteiger partial charge in [-0.15, -0.1) is 0 Å². The molecule has 0 radical (unpaired) electrons. The second-order valence-electron chi connectivity index (χ2n) is 7.61. The predicted molar refractivity (Wildman–Crippen MR) is 123 cm³/mol. The van der Waals surface area contributed by atoms with Gasteiger partial charge >= 0.3 is 0 Å². The Labute approximate surface area is 192 Å². The van der Waals surface area contributed by atoms with Crippen LogP contribution < -0.4 is 18.9 Å². The molecule has 3 aromatic rings. The first-order valence-electron chi connectivity index (χ1n) is 10.1. The Kier molecular flexibility index (Phi) is 6.28. The van der Waals surface area contributed by atoms with E-state index in [4.69, 9.17) is 9.47 Å². The number of aryl methyl sites for hydroxylation is 1. The summed E-state index contributed by atoms with van der Waals surface area (Å²) >= 11 is 0. The third-order valence-electron chi connectivity index (χ3n) is 4.87. The molecule has 0 atom stereocenters. The minimum atomic E-state index is -3.94. The highest BCUT2D eigenvalue weighted by atomic mass is 32.2. The highest BCUT2D eigenvalue weighted by Gasteiger charge is 2.28. The molecule has 11 heteroatoms. The van der Waals surface area contributed by atoms with Crippen LogP contribution in [-0.2, 0) is 20.0 Å². The average Bonchev–Trinajstić information content (AvgIpc) is 3.59. The summed E-state index contributed by atoms with van der Waals surface area (Å²) in [6, 6.07) is 13.5. The normalized spacial score (nSPS) is 14.0. The molecule has 33 heavy (non-hydrogen) atoms. The summed E-state index contributed by atoms with van der Waals surface area (Å²) in [5.74, 6) is 1.30. The number of pyridine rings is 1. The number of rotatable bonds is 9. The Morgan fingerprint density at radius 1 is 0.879 bits per heavy atom. The van der Waals surface area contributed by atoms with Crippen LogP contribution in [0.5, 0.6) is 17.4 Å². The lowest BCUT2D eigenvalue weighted by Gasteiger charge is -2.12. The van der Waals surface area contributed by atoms with Gasteiger partial charge in [-0.05, 0) is 67.8 Å². The minimum Gasteiger partial charge on any atom is -0.493 e. The molecule has 9 nitrogen and oxygen atoms in total. The Morgan fingerprint density at radius 3 is 2.12 bits per heavy atom. The molecular weight excluding hydrogens is 466 g/mol. The summed E-state index contributed by atoms with van der Waals surface area (Å²) in [5.41, 5.74) is 1.24. The molecule has 0 bridgehead atoms. The van der Waals surface area contributed by atoms with E-state index in [-0.39, 0.29) is 27.4 Å². The van der Waals surface area contributed by atoms with Crippen molar-refractivity contribution in [3.05, 3.63) is 66.4 Å². The summed E-state index contributed by atoms with van der Waals surface area (Å²) < 4.78 is 65.9. The first-order chi connectivity index (χ1) is 15.7. The van der Waals surface area contributed by atoms with Gasteiger partial charge in [0.05, 0.1) is 28.8 Å². The zero-order valence-corrected chi connectivity index (χ0v) is 19.6. The van der Waals surface area contributed by atoms with E-state index in [9.17, 15) is 16.8 Å². The molecule has 174 valence electrons. The molecular formula is C22H23N3O6S2. The number of aromatic nitrogens is 1. The third-order valence-corrected chi connectivity index (χ3v) is 7.80. The van der Waals surface area contributed by atoms with E-state index in [1.165, 1.54) is 42.6 Å². The van der Waals surface area contributed by atoms with Crippen molar-refractivity contribution in [2.45, 2.75) is 35.6 Å². The van der Waals surface area contributed by atoms with Crippen LogP contribution in [0.15, 0.2) is 70.6 Å². The van der Waals surface area contributed by atoms with Crippen LogP contribution in [0.2, 0.25) is 0 Å². The smallest absolute Gasteiger partial charge is 0.261 e. The van der Waals surface area contributed by atoms with E-state index >= 15 is 0 Å². The Balaban J connectivity index is 1.45. The fourth-order valence-corrected chi connectivity index (χ4v) is 5.32. The van der Waals surface area contributed by atoms with Crippen molar-refractivity contribution in [3.8, 4) is 17.4 Å². The molecule has 1 saturated carbocycles. The molecule has 2 aromatic carbocycles. The lowest BCUT2D eigenvalue weighted by molar-refractivity contribution is 0.374. The lowest BCUT2D eigenvalue weighted by Crippen LogP contribution is -2.25.